The molecule has 4 heteroatoms. The molecular formula is C6H8ClFN2. The zero-order valence-corrected chi connectivity index (χ0v) is 5.99. The molecule has 2 rings (SSSR count). The molecule has 0 fully saturated rings. The maximum absolute atomic E-state index is 12.0. The molecule has 0 aromatic heterocycles. The summed E-state index contributed by atoms with van der Waals surface area (Å²) in [5.74, 6) is 7.94. The van der Waals surface area contributed by atoms with E-state index in [1.807, 2.05) is 6.07 Å². The summed E-state index contributed by atoms with van der Waals surface area (Å²) in [6.45, 7) is 0. The van der Waals surface area contributed by atoms with E-state index >= 15 is 0 Å². The number of fused-ring (bicyclic) bond motifs is 1. The van der Waals surface area contributed by atoms with Crippen LogP contribution in [-0.4, -0.2) is 0 Å². The van der Waals surface area contributed by atoms with Gasteiger partial charge in [-0.05, 0) is 11.6 Å². The zero-order chi connectivity index (χ0) is 6.85. The van der Waals surface area contributed by atoms with Crippen molar-refractivity contribution >= 4 is 12.4 Å². The molecule has 2 aliphatic carbocycles. The number of halogens is 2. The SMILES string of the molecule is Cl.Fc1cc2ccc1-2.NN. The normalized spacial score (nSPS) is 8.70. The molecule has 0 spiro atoms. The number of benzene rings is 1. The minimum Gasteiger partial charge on any atom is -0.274 e. The van der Waals surface area contributed by atoms with Crippen LogP contribution in [0.15, 0.2) is 18.2 Å². The van der Waals surface area contributed by atoms with Gasteiger partial charge in [0.15, 0.2) is 0 Å². The molecule has 0 atom stereocenters. The topological polar surface area (TPSA) is 52.0 Å². The van der Waals surface area contributed by atoms with E-state index < -0.39 is 0 Å². The fourth-order valence-corrected chi connectivity index (χ4v) is 0.743. The van der Waals surface area contributed by atoms with Gasteiger partial charge >= 0.3 is 0 Å². The first kappa shape index (κ1) is 9.36. The maximum atomic E-state index is 12.0. The molecule has 4 N–H and O–H groups in total. The summed E-state index contributed by atoms with van der Waals surface area (Å²) in [7, 11) is 0. The molecule has 10 heavy (non-hydrogen) atoms. The van der Waals surface area contributed by atoms with Gasteiger partial charge in [-0.2, -0.15) is 0 Å². The van der Waals surface area contributed by atoms with Crippen LogP contribution in [-0.2, 0) is 0 Å². The number of nitrogens with two attached hydrogens (primary N) is 2. The third kappa shape index (κ3) is 1.11. The molecule has 2 aliphatic rings. The van der Waals surface area contributed by atoms with Crippen molar-refractivity contribution in [3.05, 3.63) is 24.0 Å². The van der Waals surface area contributed by atoms with Crippen molar-refractivity contribution in [3.8, 4) is 11.1 Å². The van der Waals surface area contributed by atoms with Crippen LogP contribution in [0.1, 0.15) is 0 Å². The molecule has 0 bridgehead atoms. The summed E-state index contributed by atoms with van der Waals surface area (Å²) in [5, 5.41) is 0. The molecule has 0 unspecified atom stereocenters. The number of rotatable bonds is 0. The number of hydrazine groups is 1. The Balaban J connectivity index is 0.000000251. The zero-order valence-electron chi connectivity index (χ0n) is 5.17. The van der Waals surface area contributed by atoms with Gasteiger partial charge in [-0.3, -0.25) is 11.7 Å². The van der Waals surface area contributed by atoms with Crippen LogP contribution in [0.2, 0.25) is 0 Å². The van der Waals surface area contributed by atoms with Crippen molar-refractivity contribution in [1.82, 2.24) is 0 Å². The highest BCUT2D eigenvalue weighted by atomic mass is 35.5. The summed E-state index contributed by atoms with van der Waals surface area (Å²) < 4.78 is 12.0. The Morgan fingerprint density at radius 1 is 1.20 bits per heavy atom. The van der Waals surface area contributed by atoms with Crippen LogP contribution >= 0.6 is 12.4 Å². The molecular weight excluding hydrogens is 155 g/mol. The number of hydrogen-bond acceptors (Lipinski definition) is 2. The van der Waals surface area contributed by atoms with Gasteiger partial charge in [-0.25, -0.2) is 4.39 Å². The molecule has 0 saturated heterocycles. The maximum Gasteiger partial charge on any atom is 0.131 e. The molecule has 0 radical (unpaired) electrons. The van der Waals surface area contributed by atoms with E-state index in [2.05, 4.69) is 11.7 Å². The van der Waals surface area contributed by atoms with Crippen LogP contribution in [0.5, 0.6) is 0 Å². The van der Waals surface area contributed by atoms with Crippen molar-refractivity contribution in [1.29, 1.82) is 0 Å². The van der Waals surface area contributed by atoms with E-state index in [0.29, 0.717) is 0 Å². The van der Waals surface area contributed by atoms with E-state index in [1.54, 1.807) is 6.07 Å². The molecule has 0 saturated carbocycles. The van der Waals surface area contributed by atoms with Crippen molar-refractivity contribution < 1.29 is 4.39 Å². The predicted octanol–water partition coefficient (Wildman–Crippen LogP) is 1.05. The average Bonchev–Trinajstić information content (AvgIpc) is 1.87. The lowest BCUT2D eigenvalue weighted by Gasteiger charge is -2.13. The lowest BCUT2D eigenvalue weighted by Crippen LogP contribution is -2.02. The third-order valence-electron chi connectivity index (χ3n) is 1.28. The Morgan fingerprint density at radius 3 is 1.80 bits per heavy atom. The van der Waals surface area contributed by atoms with E-state index in [-0.39, 0.29) is 18.2 Å². The Hall–Kier alpha value is -0.640. The highest BCUT2D eigenvalue weighted by Crippen LogP contribution is 2.34. The smallest absolute Gasteiger partial charge is 0.131 e. The quantitative estimate of drug-likeness (QED) is 0.449. The highest BCUT2D eigenvalue weighted by Gasteiger charge is 2.14. The minimum absolute atomic E-state index is 0. The fraction of sp³-hybridized carbons (Fsp3) is 0. The first-order valence-electron chi connectivity index (χ1n) is 2.51. The van der Waals surface area contributed by atoms with Gasteiger partial charge in [0.05, 0.1) is 0 Å². The summed E-state index contributed by atoms with van der Waals surface area (Å²) in [6, 6.07) is 5.22. The summed E-state index contributed by atoms with van der Waals surface area (Å²) in [4.78, 5) is 0. The molecule has 2 nitrogen and oxygen atoms in total. The van der Waals surface area contributed by atoms with Crippen molar-refractivity contribution in [3.63, 3.8) is 0 Å². The van der Waals surface area contributed by atoms with Gasteiger partial charge < -0.3 is 0 Å². The molecule has 0 aromatic rings. The monoisotopic (exact) mass is 162 g/mol. The van der Waals surface area contributed by atoms with Crippen LogP contribution in [0.3, 0.4) is 0 Å². The van der Waals surface area contributed by atoms with Crippen molar-refractivity contribution in [2.75, 3.05) is 0 Å². The first-order valence-corrected chi connectivity index (χ1v) is 2.51. The number of hydrogen-bond donors (Lipinski definition) is 2. The minimum atomic E-state index is -0.0579. The summed E-state index contributed by atoms with van der Waals surface area (Å²) in [6.07, 6.45) is 0. The first-order chi connectivity index (χ1) is 4.38. The van der Waals surface area contributed by atoms with Crippen molar-refractivity contribution in [2.24, 2.45) is 11.7 Å². The molecule has 0 amide bonds. The van der Waals surface area contributed by atoms with E-state index in [4.69, 9.17) is 0 Å². The second kappa shape index (κ2) is 3.51. The van der Waals surface area contributed by atoms with Crippen LogP contribution in [0, 0.1) is 5.82 Å². The lowest BCUT2D eigenvalue weighted by atomic mass is 9.93. The molecule has 0 heterocycles. The average molecular weight is 163 g/mol. The van der Waals surface area contributed by atoms with Gasteiger partial charge in [0.25, 0.3) is 0 Å². The van der Waals surface area contributed by atoms with Crippen LogP contribution in [0.4, 0.5) is 4.39 Å². The van der Waals surface area contributed by atoms with E-state index in [0.717, 1.165) is 11.1 Å². The highest BCUT2D eigenvalue weighted by molar-refractivity contribution is 5.85. The van der Waals surface area contributed by atoms with Gasteiger partial charge in [0.1, 0.15) is 5.82 Å². The Morgan fingerprint density at radius 2 is 1.80 bits per heavy atom. The summed E-state index contributed by atoms with van der Waals surface area (Å²) >= 11 is 0. The summed E-state index contributed by atoms with van der Waals surface area (Å²) in [5.41, 5.74) is 1.87. The van der Waals surface area contributed by atoms with Gasteiger partial charge in [-0.15, -0.1) is 12.4 Å². The van der Waals surface area contributed by atoms with Gasteiger partial charge in [0.2, 0.25) is 0 Å². The molecule has 0 aliphatic heterocycles. The standard InChI is InChI=1S/C6H3F.ClH.H4N2/c7-6-3-4-1-2-5(4)6;;1-2/h1-3H;1H;1-2H2. The third-order valence-corrected chi connectivity index (χ3v) is 1.28. The Bertz CT molecular complexity index is 227. The Labute approximate surface area is 64.4 Å². The second-order valence-electron chi connectivity index (χ2n) is 1.69. The van der Waals surface area contributed by atoms with Crippen molar-refractivity contribution in [2.45, 2.75) is 0 Å². The Kier molecular flexibility index (Phi) is 3.28. The second-order valence-corrected chi connectivity index (χ2v) is 1.69. The van der Waals surface area contributed by atoms with Crippen LogP contribution < -0.4 is 11.7 Å². The molecule has 0 aromatic carbocycles. The van der Waals surface area contributed by atoms with E-state index in [9.17, 15) is 4.39 Å². The fourth-order valence-electron chi connectivity index (χ4n) is 0.743. The lowest BCUT2D eigenvalue weighted by molar-refractivity contribution is 0.621. The van der Waals surface area contributed by atoms with Gasteiger partial charge in [0, 0.05) is 5.56 Å². The van der Waals surface area contributed by atoms with E-state index in [1.165, 1.54) is 6.07 Å². The molecule has 56 valence electrons. The van der Waals surface area contributed by atoms with Crippen LogP contribution in [0.25, 0.3) is 11.1 Å². The van der Waals surface area contributed by atoms with Gasteiger partial charge in [-0.1, -0.05) is 12.1 Å². The largest absolute Gasteiger partial charge is 0.274 e. The predicted molar refractivity (Wildman–Crippen MR) is 41.0 cm³/mol.